The maximum Gasteiger partial charge on any atom is 0.227 e. The molecule has 2 rings (SSSR count). The number of nitrogens with one attached hydrogen (secondary N) is 1. The molecule has 0 bridgehead atoms. The number of amides is 2. The number of carbonyl (C=O) groups is 2. The van der Waals surface area contributed by atoms with Crippen LogP contribution in [0.3, 0.4) is 0 Å². The number of benzene rings is 1. The van der Waals surface area contributed by atoms with Crippen molar-refractivity contribution in [2.45, 2.75) is 33.6 Å². The van der Waals surface area contributed by atoms with Crippen molar-refractivity contribution in [1.29, 1.82) is 0 Å². The first-order valence-electron chi connectivity index (χ1n) is 7.06. The van der Waals surface area contributed by atoms with Crippen molar-refractivity contribution in [3.05, 3.63) is 29.8 Å². The number of fused-ring (bicyclic) bond motifs is 1. The van der Waals surface area contributed by atoms with Crippen molar-refractivity contribution in [1.82, 2.24) is 5.32 Å². The van der Waals surface area contributed by atoms with Gasteiger partial charge in [0, 0.05) is 30.6 Å². The zero-order valence-corrected chi connectivity index (χ0v) is 12.4. The van der Waals surface area contributed by atoms with Crippen LogP contribution in [-0.4, -0.2) is 24.9 Å². The average Bonchev–Trinajstić information content (AvgIpc) is 2.40. The van der Waals surface area contributed by atoms with Gasteiger partial charge >= 0.3 is 0 Å². The quantitative estimate of drug-likeness (QED) is 0.918. The molecule has 0 aromatic heterocycles. The number of anilines is 1. The van der Waals surface area contributed by atoms with Crippen LogP contribution in [0.4, 0.5) is 5.69 Å². The molecule has 0 unspecified atom stereocenters. The Morgan fingerprint density at radius 2 is 1.95 bits per heavy atom. The Labute approximate surface area is 120 Å². The molecule has 108 valence electrons. The minimum absolute atomic E-state index is 0.00948. The molecular formula is C16H22N2O2. The van der Waals surface area contributed by atoms with Gasteiger partial charge in [-0.05, 0) is 18.1 Å². The smallest absolute Gasteiger partial charge is 0.227 e. The molecule has 1 N–H and O–H groups in total. The van der Waals surface area contributed by atoms with Crippen LogP contribution in [0, 0.1) is 5.41 Å². The van der Waals surface area contributed by atoms with Crippen molar-refractivity contribution in [2.24, 2.45) is 5.41 Å². The molecule has 0 fully saturated rings. The van der Waals surface area contributed by atoms with Crippen LogP contribution < -0.4 is 10.2 Å². The predicted octanol–water partition coefficient (Wildman–Crippen LogP) is 2.13. The molecule has 0 atom stereocenters. The number of para-hydroxylation sites is 1. The fraction of sp³-hybridized carbons (Fsp3) is 0.500. The van der Waals surface area contributed by atoms with Gasteiger partial charge in [0.1, 0.15) is 0 Å². The van der Waals surface area contributed by atoms with Crippen molar-refractivity contribution >= 4 is 17.5 Å². The molecule has 0 spiro atoms. The van der Waals surface area contributed by atoms with Crippen molar-refractivity contribution < 1.29 is 9.59 Å². The monoisotopic (exact) mass is 274 g/mol. The Balaban J connectivity index is 1.99. The standard InChI is InChI=1S/C16H22N2O2/c1-16(2,3)15(20)17-10-11-18-13-7-5-4-6-12(13)8-9-14(18)19/h4-7H,8-11H2,1-3H3,(H,17,20). The summed E-state index contributed by atoms with van der Waals surface area (Å²) in [7, 11) is 0. The Morgan fingerprint density at radius 3 is 2.65 bits per heavy atom. The van der Waals surface area contributed by atoms with E-state index in [0.717, 1.165) is 12.1 Å². The molecule has 0 radical (unpaired) electrons. The lowest BCUT2D eigenvalue weighted by atomic mass is 9.96. The van der Waals surface area contributed by atoms with E-state index in [1.54, 1.807) is 4.90 Å². The molecule has 1 aromatic carbocycles. The number of carbonyl (C=O) groups excluding carboxylic acids is 2. The molecule has 0 saturated carbocycles. The molecular weight excluding hydrogens is 252 g/mol. The fourth-order valence-corrected chi connectivity index (χ4v) is 2.29. The van der Waals surface area contributed by atoms with Crippen LogP contribution in [0.15, 0.2) is 24.3 Å². The van der Waals surface area contributed by atoms with Gasteiger partial charge in [-0.1, -0.05) is 39.0 Å². The molecule has 20 heavy (non-hydrogen) atoms. The summed E-state index contributed by atoms with van der Waals surface area (Å²) in [6.45, 7) is 6.64. The third kappa shape index (κ3) is 3.18. The Morgan fingerprint density at radius 1 is 1.25 bits per heavy atom. The van der Waals surface area contributed by atoms with E-state index in [9.17, 15) is 9.59 Å². The summed E-state index contributed by atoms with van der Waals surface area (Å²) in [6, 6.07) is 7.97. The highest BCUT2D eigenvalue weighted by atomic mass is 16.2. The van der Waals surface area contributed by atoms with Gasteiger partial charge in [-0.15, -0.1) is 0 Å². The Kier molecular flexibility index (Phi) is 4.12. The summed E-state index contributed by atoms with van der Waals surface area (Å²) in [4.78, 5) is 25.6. The zero-order chi connectivity index (χ0) is 14.8. The molecule has 4 heteroatoms. The van der Waals surface area contributed by atoms with Gasteiger partial charge in [-0.2, -0.15) is 0 Å². The second-order valence-electron chi connectivity index (χ2n) is 6.18. The van der Waals surface area contributed by atoms with Gasteiger partial charge in [0.2, 0.25) is 11.8 Å². The molecule has 1 aliphatic rings. The summed E-state index contributed by atoms with van der Waals surface area (Å²) in [5.74, 6) is 0.143. The first-order valence-corrected chi connectivity index (χ1v) is 7.06. The number of hydrogen-bond acceptors (Lipinski definition) is 2. The Hall–Kier alpha value is -1.84. The van der Waals surface area contributed by atoms with Crippen LogP contribution in [0.25, 0.3) is 0 Å². The minimum atomic E-state index is -0.399. The SMILES string of the molecule is CC(C)(C)C(=O)NCCN1C(=O)CCc2ccccc21. The lowest BCUT2D eigenvalue weighted by Gasteiger charge is -2.30. The summed E-state index contributed by atoms with van der Waals surface area (Å²) in [5, 5.41) is 2.89. The van der Waals surface area contributed by atoms with Crippen molar-refractivity contribution in [3.63, 3.8) is 0 Å². The predicted molar refractivity (Wildman–Crippen MR) is 79.6 cm³/mol. The molecule has 1 aromatic rings. The third-order valence-electron chi connectivity index (χ3n) is 3.49. The van der Waals surface area contributed by atoms with E-state index < -0.39 is 5.41 Å². The van der Waals surface area contributed by atoms with E-state index in [0.29, 0.717) is 19.5 Å². The fourth-order valence-electron chi connectivity index (χ4n) is 2.29. The second kappa shape index (κ2) is 5.65. The summed E-state index contributed by atoms with van der Waals surface area (Å²) < 4.78 is 0. The van der Waals surface area contributed by atoms with Gasteiger partial charge in [-0.3, -0.25) is 9.59 Å². The molecule has 4 nitrogen and oxygen atoms in total. The first kappa shape index (κ1) is 14.6. The number of nitrogens with zero attached hydrogens (tertiary/aromatic N) is 1. The van der Waals surface area contributed by atoms with Crippen LogP contribution in [0.1, 0.15) is 32.8 Å². The van der Waals surface area contributed by atoms with Crippen LogP contribution in [0.5, 0.6) is 0 Å². The number of hydrogen-bond donors (Lipinski definition) is 1. The maximum atomic E-state index is 12.0. The van der Waals surface area contributed by atoms with Crippen LogP contribution >= 0.6 is 0 Å². The average molecular weight is 274 g/mol. The summed E-state index contributed by atoms with van der Waals surface area (Å²) >= 11 is 0. The lowest BCUT2D eigenvalue weighted by molar-refractivity contribution is -0.128. The number of rotatable bonds is 3. The molecule has 1 aliphatic heterocycles. The highest BCUT2D eigenvalue weighted by Crippen LogP contribution is 2.26. The summed E-state index contributed by atoms with van der Waals surface area (Å²) in [6.07, 6.45) is 1.35. The third-order valence-corrected chi connectivity index (χ3v) is 3.49. The second-order valence-corrected chi connectivity index (χ2v) is 6.18. The van der Waals surface area contributed by atoms with Gasteiger partial charge in [-0.25, -0.2) is 0 Å². The lowest BCUT2D eigenvalue weighted by Crippen LogP contribution is -2.43. The van der Waals surface area contributed by atoms with E-state index in [-0.39, 0.29) is 11.8 Å². The van der Waals surface area contributed by atoms with E-state index in [2.05, 4.69) is 11.4 Å². The van der Waals surface area contributed by atoms with Gasteiger partial charge in [0.05, 0.1) is 0 Å². The van der Waals surface area contributed by atoms with E-state index >= 15 is 0 Å². The minimum Gasteiger partial charge on any atom is -0.354 e. The van der Waals surface area contributed by atoms with Crippen molar-refractivity contribution in [3.8, 4) is 0 Å². The summed E-state index contributed by atoms with van der Waals surface area (Å²) in [5.41, 5.74) is 1.78. The largest absolute Gasteiger partial charge is 0.354 e. The highest BCUT2D eigenvalue weighted by molar-refractivity contribution is 5.96. The molecule has 0 aliphatic carbocycles. The number of aryl methyl sites for hydroxylation is 1. The van der Waals surface area contributed by atoms with E-state index in [4.69, 9.17) is 0 Å². The van der Waals surface area contributed by atoms with Gasteiger partial charge in [0.25, 0.3) is 0 Å². The Bertz CT molecular complexity index is 517. The molecule has 2 amide bonds. The normalized spacial score (nSPS) is 14.9. The van der Waals surface area contributed by atoms with E-state index in [1.165, 1.54) is 5.56 Å². The van der Waals surface area contributed by atoms with Crippen molar-refractivity contribution in [2.75, 3.05) is 18.0 Å². The van der Waals surface area contributed by atoms with Gasteiger partial charge in [0.15, 0.2) is 0 Å². The van der Waals surface area contributed by atoms with E-state index in [1.807, 2.05) is 39.0 Å². The molecule has 1 heterocycles. The van der Waals surface area contributed by atoms with Gasteiger partial charge < -0.3 is 10.2 Å². The topological polar surface area (TPSA) is 49.4 Å². The van der Waals surface area contributed by atoms with Crippen LogP contribution in [0.2, 0.25) is 0 Å². The highest BCUT2D eigenvalue weighted by Gasteiger charge is 2.24. The maximum absolute atomic E-state index is 12.0. The van der Waals surface area contributed by atoms with Crippen LogP contribution in [-0.2, 0) is 16.0 Å². The molecule has 0 saturated heterocycles. The first-order chi connectivity index (χ1) is 9.39. The zero-order valence-electron chi connectivity index (χ0n) is 12.4.